The van der Waals surface area contributed by atoms with Crippen molar-refractivity contribution in [1.29, 1.82) is 0 Å². The molecule has 0 bridgehead atoms. The van der Waals surface area contributed by atoms with E-state index in [0.29, 0.717) is 0 Å². The Balaban J connectivity index is 1.98. The molecule has 2 N–H and O–H groups in total. The van der Waals surface area contributed by atoms with Crippen LogP contribution in [0.25, 0.3) is 0 Å². The lowest BCUT2D eigenvalue weighted by atomic mass is 10.4. The zero-order valence-corrected chi connectivity index (χ0v) is 8.03. The van der Waals surface area contributed by atoms with Crippen LogP contribution in [0.3, 0.4) is 0 Å². The van der Waals surface area contributed by atoms with Crippen LogP contribution in [0.4, 0.5) is 0 Å². The average Bonchev–Trinajstić information content (AvgIpc) is 2.75. The fraction of sp³-hybridized carbons (Fsp3) is 0.500. The van der Waals surface area contributed by atoms with E-state index in [-0.39, 0.29) is 5.76 Å². The van der Waals surface area contributed by atoms with Crippen LogP contribution < -0.4 is 5.73 Å². The number of hydrogen-bond acceptors (Lipinski definition) is 3. The lowest BCUT2D eigenvalue weighted by Gasteiger charge is -2.11. The van der Waals surface area contributed by atoms with Gasteiger partial charge in [0.25, 0.3) is 5.91 Å². The molecule has 1 aromatic rings. The molecule has 0 unspecified atom stereocenters. The summed E-state index contributed by atoms with van der Waals surface area (Å²) >= 11 is 0. The molecule has 14 heavy (non-hydrogen) atoms. The number of carbonyl (C=O) groups excluding carboxylic acids is 1. The SMILES string of the molecule is NC(=O)c1ccc(CN2CCCC2)o1. The van der Waals surface area contributed by atoms with Crippen molar-refractivity contribution in [2.75, 3.05) is 13.1 Å². The Bertz CT molecular complexity index is 327. The van der Waals surface area contributed by atoms with Crippen molar-refractivity contribution in [3.8, 4) is 0 Å². The van der Waals surface area contributed by atoms with E-state index in [9.17, 15) is 4.79 Å². The summed E-state index contributed by atoms with van der Waals surface area (Å²) in [5.41, 5.74) is 5.09. The summed E-state index contributed by atoms with van der Waals surface area (Å²) in [7, 11) is 0. The van der Waals surface area contributed by atoms with Gasteiger partial charge in [0.05, 0.1) is 6.54 Å². The minimum Gasteiger partial charge on any atom is -0.455 e. The molecular formula is C10H14N2O2. The molecule has 0 saturated carbocycles. The molecule has 76 valence electrons. The topological polar surface area (TPSA) is 59.5 Å². The number of likely N-dealkylation sites (tertiary alicyclic amines) is 1. The molecule has 0 radical (unpaired) electrons. The lowest BCUT2D eigenvalue weighted by molar-refractivity contribution is 0.0970. The number of nitrogens with two attached hydrogens (primary N) is 1. The van der Waals surface area contributed by atoms with Crippen LogP contribution in [0, 0.1) is 0 Å². The molecule has 1 amide bonds. The van der Waals surface area contributed by atoms with Gasteiger partial charge in [-0.2, -0.15) is 0 Å². The highest BCUT2D eigenvalue weighted by molar-refractivity contribution is 5.89. The Hall–Kier alpha value is -1.29. The van der Waals surface area contributed by atoms with Crippen molar-refractivity contribution >= 4 is 5.91 Å². The maximum absolute atomic E-state index is 10.8. The van der Waals surface area contributed by atoms with E-state index in [1.165, 1.54) is 12.8 Å². The quantitative estimate of drug-likeness (QED) is 0.780. The monoisotopic (exact) mass is 194 g/mol. The van der Waals surface area contributed by atoms with Crippen molar-refractivity contribution in [1.82, 2.24) is 4.90 Å². The van der Waals surface area contributed by atoms with Crippen LogP contribution in [0.5, 0.6) is 0 Å². The summed E-state index contributed by atoms with van der Waals surface area (Å²) in [6.45, 7) is 3.02. The van der Waals surface area contributed by atoms with E-state index >= 15 is 0 Å². The third-order valence-corrected chi connectivity index (χ3v) is 2.48. The number of nitrogens with zero attached hydrogens (tertiary/aromatic N) is 1. The van der Waals surface area contributed by atoms with Gasteiger partial charge in [-0.25, -0.2) is 0 Å². The largest absolute Gasteiger partial charge is 0.455 e. The Labute approximate surface area is 82.7 Å². The van der Waals surface area contributed by atoms with Crippen molar-refractivity contribution in [3.63, 3.8) is 0 Å². The highest BCUT2D eigenvalue weighted by atomic mass is 16.4. The molecular weight excluding hydrogens is 180 g/mol. The molecule has 0 spiro atoms. The van der Waals surface area contributed by atoms with Crippen LogP contribution in [0.2, 0.25) is 0 Å². The molecule has 2 heterocycles. The van der Waals surface area contributed by atoms with Gasteiger partial charge >= 0.3 is 0 Å². The maximum atomic E-state index is 10.8. The predicted octanol–water partition coefficient (Wildman–Crippen LogP) is 0.974. The maximum Gasteiger partial charge on any atom is 0.284 e. The number of furan rings is 1. The van der Waals surface area contributed by atoms with Crippen LogP contribution in [-0.2, 0) is 6.54 Å². The van der Waals surface area contributed by atoms with Crippen LogP contribution in [0.1, 0.15) is 29.2 Å². The second-order valence-electron chi connectivity index (χ2n) is 3.61. The number of amides is 1. The van der Waals surface area contributed by atoms with Gasteiger partial charge in [-0.05, 0) is 38.1 Å². The first kappa shape index (κ1) is 9.27. The summed E-state index contributed by atoms with van der Waals surface area (Å²) in [6.07, 6.45) is 2.51. The minimum atomic E-state index is -0.502. The first-order chi connectivity index (χ1) is 6.75. The summed E-state index contributed by atoms with van der Waals surface area (Å²) in [4.78, 5) is 13.1. The molecule has 4 heteroatoms. The van der Waals surface area contributed by atoms with Gasteiger partial charge in [-0.15, -0.1) is 0 Å². The minimum absolute atomic E-state index is 0.249. The van der Waals surface area contributed by atoms with Gasteiger partial charge in [0.15, 0.2) is 5.76 Å². The first-order valence-corrected chi connectivity index (χ1v) is 4.86. The average molecular weight is 194 g/mol. The summed E-state index contributed by atoms with van der Waals surface area (Å²) in [5, 5.41) is 0. The fourth-order valence-corrected chi connectivity index (χ4v) is 1.76. The van der Waals surface area contributed by atoms with Crippen molar-refractivity contribution in [2.24, 2.45) is 5.73 Å². The van der Waals surface area contributed by atoms with E-state index in [2.05, 4.69) is 4.90 Å². The Kier molecular flexibility index (Phi) is 2.54. The van der Waals surface area contributed by atoms with Gasteiger partial charge in [0, 0.05) is 0 Å². The highest BCUT2D eigenvalue weighted by Gasteiger charge is 2.14. The smallest absolute Gasteiger partial charge is 0.284 e. The van der Waals surface area contributed by atoms with E-state index in [4.69, 9.17) is 10.2 Å². The standard InChI is InChI=1S/C10H14N2O2/c11-10(13)9-4-3-8(14-9)7-12-5-1-2-6-12/h3-4H,1-2,5-7H2,(H2,11,13). The van der Waals surface area contributed by atoms with Crippen LogP contribution >= 0.6 is 0 Å². The third-order valence-electron chi connectivity index (χ3n) is 2.48. The molecule has 1 aliphatic rings. The van der Waals surface area contributed by atoms with Crippen molar-refractivity contribution < 1.29 is 9.21 Å². The van der Waals surface area contributed by atoms with E-state index in [0.717, 1.165) is 25.4 Å². The number of hydrogen-bond donors (Lipinski definition) is 1. The van der Waals surface area contributed by atoms with E-state index in [1.54, 1.807) is 6.07 Å². The third kappa shape index (κ3) is 1.96. The Morgan fingerprint density at radius 2 is 2.14 bits per heavy atom. The van der Waals surface area contributed by atoms with Gasteiger partial charge in [-0.3, -0.25) is 9.69 Å². The second-order valence-corrected chi connectivity index (χ2v) is 3.61. The molecule has 1 aliphatic heterocycles. The lowest BCUT2D eigenvalue weighted by Crippen LogP contribution is -2.17. The van der Waals surface area contributed by atoms with Crippen molar-refractivity contribution in [2.45, 2.75) is 19.4 Å². The van der Waals surface area contributed by atoms with Crippen LogP contribution in [0.15, 0.2) is 16.5 Å². The Morgan fingerprint density at radius 3 is 2.71 bits per heavy atom. The molecule has 0 atom stereocenters. The van der Waals surface area contributed by atoms with Crippen LogP contribution in [-0.4, -0.2) is 23.9 Å². The molecule has 1 aromatic heterocycles. The highest BCUT2D eigenvalue weighted by Crippen LogP contribution is 2.14. The first-order valence-electron chi connectivity index (χ1n) is 4.86. The van der Waals surface area contributed by atoms with Gasteiger partial charge in [0.1, 0.15) is 5.76 Å². The fourth-order valence-electron chi connectivity index (χ4n) is 1.76. The molecule has 0 aliphatic carbocycles. The molecule has 1 saturated heterocycles. The molecule has 0 aromatic carbocycles. The summed E-state index contributed by atoms with van der Waals surface area (Å²) in [5.74, 6) is 0.567. The number of carbonyl (C=O) groups is 1. The van der Waals surface area contributed by atoms with Crippen molar-refractivity contribution in [3.05, 3.63) is 23.7 Å². The van der Waals surface area contributed by atoms with Gasteiger partial charge < -0.3 is 10.2 Å². The number of rotatable bonds is 3. The molecule has 1 fully saturated rings. The normalized spacial score (nSPS) is 17.4. The molecule has 4 nitrogen and oxygen atoms in total. The van der Waals surface area contributed by atoms with E-state index in [1.807, 2.05) is 6.07 Å². The van der Waals surface area contributed by atoms with Gasteiger partial charge in [-0.1, -0.05) is 0 Å². The predicted molar refractivity (Wildman–Crippen MR) is 51.7 cm³/mol. The second kappa shape index (κ2) is 3.84. The zero-order chi connectivity index (χ0) is 9.97. The summed E-state index contributed by atoms with van der Waals surface area (Å²) in [6, 6.07) is 3.45. The Morgan fingerprint density at radius 1 is 1.43 bits per heavy atom. The van der Waals surface area contributed by atoms with Gasteiger partial charge in [0.2, 0.25) is 0 Å². The molecule has 2 rings (SSSR count). The van der Waals surface area contributed by atoms with E-state index < -0.39 is 5.91 Å². The zero-order valence-electron chi connectivity index (χ0n) is 8.03. The summed E-state index contributed by atoms with van der Waals surface area (Å²) < 4.78 is 5.29. The number of primary amides is 1.